The van der Waals surface area contributed by atoms with E-state index in [0.717, 1.165) is 18.4 Å². The van der Waals surface area contributed by atoms with Gasteiger partial charge in [-0.1, -0.05) is 43.3 Å². The van der Waals surface area contributed by atoms with Gasteiger partial charge in [-0.3, -0.25) is 0 Å². The third-order valence-electron chi connectivity index (χ3n) is 4.81. The Morgan fingerprint density at radius 3 is 2.52 bits per heavy atom. The summed E-state index contributed by atoms with van der Waals surface area (Å²) in [4.78, 5) is 0. The van der Waals surface area contributed by atoms with Crippen molar-refractivity contribution in [1.82, 2.24) is 4.72 Å². The Kier molecular flexibility index (Phi) is 5.54. The van der Waals surface area contributed by atoms with Crippen LogP contribution in [0.1, 0.15) is 54.5 Å². The summed E-state index contributed by atoms with van der Waals surface area (Å²) in [5.41, 5.74) is 3.88. The van der Waals surface area contributed by atoms with E-state index in [0.29, 0.717) is 6.42 Å². The summed E-state index contributed by atoms with van der Waals surface area (Å²) in [6.07, 6.45) is 5.22. The zero-order valence-corrected chi connectivity index (χ0v) is 15.3. The molecule has 3 nitrogen and oxygen atoms in total. The molecule has 0 heterocycles. The molecule has 1 aliphatic rings. The van der Waals surface area contributed by atoms with Crippen LogP contribution in [0.25, 0.3) is 0 Å². The highest BCUT2D eigenvalue weighted by Crippen LogP contribution is 2.26. The Balaban J connectivity index is 1.78. The van der Waals surface area contributed by atoms with Gasteiger partial charge in [-0.15, -0.1) is 0 Å². The Morgan fingerprint density at radius 2 is 1.80 bits per heavy atom. The lowest BCUT2D eigenvalue weighted by Gasteiger charge is -2.21. The van der Waals surface area contributed by atoms with E-state index < -0.39 is 15.8 Å². The van der Waals surface area contributed by atoms with Crippen molar-refractivity contribution in [1.29, 1.82) is 0 Å². The first-order valence-corrected chi connectivity index (χ1v) is 10.5. The van der Waals surface area contributed by atoms with Crippen molar-refractivity contribution in [2.75, 3.05) is 0 Å². The van der Waals surface area contributed by atoms with E-state index in [9.17, 15) is 12.8 Å². The molecule has 25 heavy (non-hydrogen) atoms. The van der Waals surface area contributed by atoms with E-state index in [1.165, 1.54) is 36.1 Å². The van der Waals surface area contributed by atoms with E-state index >= 15 is 0 Å². The zero-order chi connectivity index (χ0) is 17.9. The summed E-state index contributed by atoms with van der Waals surface area (Å²) in [5, 5.41) is 0. The lowest BCUT2D eigenvalue weighted by molar-refractivity contribution is 0.545. The number of benzene rings is 2. The van der Waals surface area contributed by atoms with Crippen molar-refractivity contribution >= 4 is 10.0 Å². The fourth-order valence-corrected chi connectivity index (χ4v) is 4.90. The summed E-state index contributed by atoms with van der Waals surface area (Å²) >= 11 is 0. The molecule has 0 spiro atoms. The third-order valence-corrected chi connectivity index (χ3v) is 6.14. The van der Waals surface area contributed by atoms with E-state index in [2.05, 4.69) is 16.9 Å². The number of halogens is 1. The summed E-state index contributed by atoms with van der Waals surface area (Å²) in [7, 11) is -3.63. The average molecular weight is 361 g/mol. The topological polar surface area (TPSA) is 46.2 Å². The third kappa shape index (κ3) is 4.47. The number of hydrogen-bond donors (Lipinski definition) is 1. The molecule has 1 atom stereocenters. The molecule has 0 amide bonds. The van der Waals surface area contributed by atoms with Crippen molar-refractivity contribution < 1.29 is 12.8 Å². The van der Waals surface area contributed by atoms with Crippen molar-refractivity contribution in [3.63, 3.8) is 0 Å². The van der Waals surface area contributed by atoms with Gasteiger partial charge in [0.25, 0.3) is 0 Å². The Hall–Kier alpha value is -1.72. The van der Waals surface area contributed by atoms with Crippen LogP contribution in [-0.2, 0) is 28.6 Å². The van der Waals surface area contributed by atoms with Crippen LogP contribution < -0.4 is 4.72 Å². The van der Waals surface area contributed by atoms with Crippen LogP contribution in [0.5, 0.6) is 0 Å². The van der Waals surface area contributed by atoms with Crippen LogP contribution in [-0.4, -0.2) is 8.42 Å². The second-order valence-electron chi connectivity index (χ2n) is 6.66. The van der Waals surface area contributed by atoms with Gasteiger partial charge in [-0.2, -0.15) is 0 Å². The number of nitrogens with one attached hydrogen (secondary N) is 1. The Labute approximate surface area is 149 Å². The van der Waals surface area contributed by atoms with Gasteiger partial charge >= 0.3 is 0 Å². The Morgan fingerprint density at radius 1 is 1.08 bits per heavy atom. The largest absolute Gasteiger partial charge is 0.216 e. The predicted molar refractivity (Wildman–Crippen MR) is 98.3 cm³/mol. The highest BCUT2D eigenvalue weighted by molar-refractivity contribution is 7.88. The smallest absolute Gasteiger partial charge is 0.212 e. The lowest BCUT2D eigenvalue weighted by atomic mass is 9.89. The van der Waals surface area contributed by atoms with Crippen molar-refractivity contribution in [2.24, 2.45) is 0 Å². The fourth-order valence-electron chi connectivity index (χ4n) is 3.44. The van der Waals surface area contributed by atoms with Gasteiger partial charge in [0.05, 0.1) is 5.75 Å². The maximum Gasteiger partial charge on any atom is 0.216 e. The average Bonchev–Trinajstić information content (AvgIpc) is 2.61. The van der Waals surface area contributed by atoms with Gasteiger partial charge in [0, 0.05) is 11.6 Å². The number of aryl methyl sites for hydroxylation is 2. The summed E-state index contributed by atoms with van der Waals surface area (Å²) in [5.74, 6) is -0.837. The molecule has 1 aliphatic carbocycles. The predicted octanol–water partition coefficient (Wildman–Crippen LogP) is 4.28. The van der Waals surface area contributed by atoms with E-state index in [1.807, 2.05) is 13.0 Å². The summed E-state index contributed by atoms with van der Waals surface area (Å²) < 4.78 is 41.5. The number of rotatable bonds is 6. The van der Waals surface area contributed by atoms with Gasteiger partial charge in [0.1, 0.15) is 5.82 Å². The van der Waals surface area contributed by atoms with Crippen molar-refractivity contribution in [2.45, 2.75) is 50.8 Å². The van der Waals surface area contributed by atoms with Gasteiger partial charge in [0.2, 0.25) is 10.0 Å². The number of hydrogen-bond acceptors (Lipinski definition) is 2. The van der Waals surface area contributed by atoms with Crippen molar-refractivity contribution in [3.8, 4) is 0 Å². The Bertz CT molecular complexity index is 849. The number of sulfonamides is 1. The van der Waals surface area contributed by atoms with Crippen molar-refractivity contribution in [3.05, 3.63) is 70.5 Å². The molecule has 0 fully saturated rings. The van der Waals surface area contributed by atoms with Crippen LogP contribution in [0.2, 0.25) is 0 Å². The highest BCUT2D eigenvalue weighted by Gasteiger charge is 2.21. The number of fused-ring (bicyclic) bond motifs is 1. The van der Waals surface area contributed by atoms with Crippen LogP contribution in [0.3, 0.4) is 0 Å². The molecule has 3 rings (SSSR count). The van der Waals surface area contributed by atoms with E-state index in [-0.39, 0.29) is 17.4 Å². The highest BCUT2D eigenvalue weighted by atomic mass is 32.2. The zero-order valence-electron chi connectivity index (χ0n) is 14.5. The molecule has 0 unspecified atom stereocenters. The SMILES string of the molecule is CC[C@H](NS(=O)(=O)Cc1ccccc1F)c1ccc2c(c1)CCCC2. The lowest BCUT2D eigenvalue weighted by Crippen LogP contribution is -2.30. The molecule has 0 saturated carbocycles. The molecule has 5 heteroatoms. The minimum Gasteiger partial charge on any atom is -0.212 e. The molecule has 0 aliphatic heterocycles. The summed E-state index contributed by atoms with van der Waals surface area (Å²) in [6.45, 7) is 1.95. The molecule has 2 aromatic rings. The molecule has 134 valence electrons. The molecule has 0 bridgehead atoms. The minimum atomic E-state index is -3.63. The van der Waals surface area contributed by atoms with Crippen LogP contribution in [0.4, 0.5) is 4.39 Å². The molecule has 1 N–H and O–H groups in total. The normalized spacial score (nSPS) is 15.6. The second-order valence-corrected chi connectivity index (χ2v) is 8.42. The van der Waals surface area contributed by atoms with Gasteiger partial charge in [0.15, 0.2) is 0 Å². The van der Waals surface area contributed by atoms with E-state index in [1.54, 1.807) is 12.1 Å². The minimum absolute atomic E-state index is 0.190. The van der Waals surface area contributed by atoms with Crippen LogP contribution in [0, 0.1) is 5.82 Å². The van der Waals surface area contributed by atoms with Gasteiger partial charge in [-0.25, -0.2) is 17.5 Å². The summed E-state index contributed by atoms with van der Waals surface area (Å²) in [6, 6.07) is 12.0. The molecular weight excluding hydrogens is 337 g/mol. The first kappa shape index (κ1) is 18.1. The molecule has 0 aromatic heterocycles. The molecule has 0 saturated heterocycles. The molecular formula is C20H24FNO2S. The van der Waals surface area contributed by atoms with E-state index in [4.69, 9.17) is 0 Å². The molecule has 0 radical (unpaired) electrons. The first-order chi connectivity index (χ1) is 12.0. The maximum absolute atomic E-state index is 13.8. The standard InChI is InChI=1S/C20H24FNO2S/c1-2-20(17-12-11-15-7-3-4-8-16(15)13-17)22-25(23,24)14-18-9-5-6-10-19(18)21/h5-6,9-13,20,22H,2-4,7-8,14H2,1H3/t20-/m0/s1. The monoisotopic (exact) mass is 361 g/mol. The van der Waals surface area contributed by atoms with Gasteiger partial charge in [-0.05, 0) is 54.9 Å². The first-order valence-electron chi connectivity index (χ1n) is 8.83. The maximum atomic E-state index is 13.8. The quantitative estimate of drug-likeness (QED) is 0.835. The van der Waals surface area contributed by atoms with Gasteiger partial charge < -0.3 is 0 Å². The van der Waals surface area contributed by atoms with Crippen LogP contribution >= 0.6 is 0 Å². The second kappa shape index (κ2) is 7.67. The molecule has 2 aromatic carbocycles. The fraction of sp³-hybridized carbons (Fsp3) is 0.400. The van der Waals surface area contributed by atoms with Crippen LogP contribution in [0.15, 0.2) is 42.5 Å².